The Balaban J connectivity index is 3.23. The maximum atomic E-state index is 11.7. The minimum Gasteiger partial charge on any atom is -0.502 e. The van der Waals surface area contributed by atoms with Crippen LogP contribution in [0.25, 0.3) is 6.08 Å². The van der Waals surface area contributed by atoms with Gasteiger partial charge in [-0.1, -0.05) is 0 Å². The zero-order chi connectivity index (χ0) is 16.0. The van der Waals surface area contributed by atoms with Crippen molar-refractivity contribution in [3.05, 3.63) is 23.3 Å². The van der Waals surface area contributed by atoms with E-state index < -0.39 is 5.97 Å². The summed E-state index contributed by atoms with van der Waals surface area (Å²) in [7, 11) is 2.78. The standard InChI is InChI=1S/C15H17NO5/c1-9(2)21-15(18)11(8-16)5-10-6-12(19-3)14(17)13(7-10)20-4/h5-7,9,17H,1-4H3. The molecule has 1 aromatic carbocycles. The Kier molecular flexibility index (Phi) is 5.61. The molecule has 0 aromatic heterocycles. The van der Waals surface area contributed by atoms with E-state index in [1.54, 1.807) is 19.9 Å². The number of esters is 1. The Morgan fingerprint density at radius 1 is 1.29 bits per heavy atom. The number of rotatable bonds is 5. The van der Waals surface area contributed by atoms with Gasteiger partial charge in [-0.15, -0.1) is 0 Å². The van der Waals surface area contributed by atoms with Gasteiger partial charge in [0.2, 0.25) is 5.75 Å². The number of nitrogens with zero attached hydrogens (tertiary/aromatic N) is 1. The van der Waals surface area contributed by atoms with Gasteiger partial charge in [-0.05, 0) is 37.6 Å². The molecule has 0 spiro atoms. The zero-order valence-corrected chi connectivity index (χ0v) is 12.3. The molecular weight excluding hydrogens is 274 g/mol. The average molecular weight is 291 g/mol. The van der Waals surface area contributed by atoms with Gasteiger partial charge in [0.15, 0.2) is 11.5 Å². The number of carbonyl (C=O) groups is 1. The third kappa shape index (κ3) is 4.14. The van der Waals surface area contributed by atoms with Crippen LogP contribution >= 0.6 is 0 Å². The molecule has 0 bridgehead atoms. The molecule has 0 aliphatic rings. The van der Waals surface area contributed by atoms with E-state index in [9.17, 15) is 9.90 Å². The van der Waals surface area contributed by atoms with E-state index in [1.165, 1.54) is 32.4 Å². The largest absolute Gasteiger partial charge is 0.502 e. The third-order valence-corrected chi connectivity index (χ3v) is 2.50. The van der Waals surface area contributed by atoms with E-state index in [1.807, 2.05) is 0 Å². The topological polar surface area (TPSA) is 88.8 Å². The Morgan fingerprint density at radius 2 is 1.81 bits per heavy atom. The molecule has 1 rings (SSSR count). The molecule has 112 valence electrons. The van der Waals surface area contributed by atoms with Gasteiger partial charge in [0.1, 0.15) is 11.6 Å². The van der Waals surface area contributed by atoms with Crippen molar-refractivity contribution >= 4 is 12.0 Å². The molecular formula is C15H17NO5. The van der Waals surface area contributed by atoms with Crippen LogP contribution in [0.1, 0.15) is 19.4 Å². The van der Waals surface area contributed by atoms with E-state index in [0.717, 1.165) is 0 Å². The fraction of sp³-hybridized carbons (Fsp3) is 0.333. The summed E-state index contributed by atoms with van der Waals surface area (Å²) in [5.74, 6) is -0.510. The van der Waals surface area contributed by atoms with Gasteiger partial charge in [-0.3, -0.25) is 0 Å². The quantitative estimate of drug-likeness (QED) is 0.508. The van der Waals surface area contributed by atoms with Gasteiger partial charge in [-0.25, -0.2) is 4.79 Å². The number of hydrogen-bond donors (Lipinski definition) is 1. The summed E-state index contributed by atoms with van der Waals surface area (Å²) >= 11 is 0. The summed E-state index contributed by atoms with van der Waals surface area (Å²) in [5.41, 5.74) is 0.317. The van der Waals surface area contributed by atoms with Crippen molar-refractivity contribution in [2.45, 2.75) is 20.0 Å². The lowest BCUT2D eigenvalue weighted by Crippen LogP contribution is -2.12. The van der Waals surface area contributed by atoms with Crippen molar-refractivity contribution < 1.29 is 24.1 Å². The Labute approximate surface area is 123 Å². The van der Waals surface area contributed by atoms with Crippen molar-refractivity contribution in [3.8, 4) is 23.3 Å². The fourth-order valence-corrected chi connectivity index (χ4v) is 1.58. The van der Waals surface area contributed by atoms with Crippen LogP contribution < -0.4 is 9.47 Å². The Hall–Kier alpha value is -2.68. The number of phenolic OH excluding ortho intramolecular Hbond substituents is 1. The molecule has 0 saturated heterocycles. The van der Waals surface area contributed by atoms with Gasteiger partial charge in [0.05, 0.1) is 20.3 Å². The van der Waals surface area contributed by atoms with Crippen LogP contribution in [0.5, 0.6) is 17.2 Å². The minimum absolute atomic E-state index is 0.152. The Morgan fingerprint density at radius 3 is 2.19 bits per heavy atom. The first-order chi connectivity index (χ1) is 9.92. The third-order valence-electron chi connectivity index (χ3n) is 2.50. The number of hydrogen-bond acceptors (Lipinski definition) is 6. The summed E-state index contributed by atoms with van der Waals surface area (Å²) in [5, 5.41) is 18.9. The SMILES string of the molecule is COc1cc(C=C(C#N)C(=O)OC(C)C)cc(OC)c1O. The number of nitriles is 1. The molecule has 6 heteroatoms. The van der Waals surface area contributed by atoms with Crippen molar-refractivity contribution in [1.82, 2.24) is 0 Å². The smallest absolute Gasteiger partial charge is 0.349 e. The molecule has 0 heterocycles. The fourth-order valence-electron chi connectivity index (χ4n) is 1.58. The average Bonchev–Trinajstić information content (AvgIpc) is 2.44. The molecule has 1 aromatic rings. The predicted octanol–water partition coefficient (Wildman–Crippen LogP) is 2.27. The number of aromatic hydroxyl groups is 1. The predicted molar refractivity (Wildman–Crippen MR) is 76.0 cm³/mol. The second kappa shape index (κ2) is 7.20. The molecule has 0 unspecified atom stereocenters. The van der Waals surface area contributed by atoms with Crippen LogP contribution in [0.4, 0.5) is 0 Å². The summed E-state index contributed by atoms with van der Waals surface area (Å²) in [4.78, 5) is 11.7. The van der Waals surface area contributed by atoms with Crippen LogP contribution in [-0.4, -0.2) is 31.4 Å². The first-order valence-corrected chi connectivity index (χ1v) is 6.20. The lowest BCUT2D eigenvalue weighted by atomic mass is 10.1. The molecule has 0 fully saturated rings. The normalized spacial score (nSPS) is 11.0. The summed E-state index contributed by atoms with van der Waals surface area (Å²) in [6.07, 6.45) is 1.02. The number of ether oxygens (including phenoxy) is 3. The van der Waals surface area contributed by atoms with Gasteiger partial charge in [-0.2, -0.15) is 5.26 Å². The minimum atomic E-state index is -0.710. The number of phenols is 1. The van der Waals surface area contributed by atoms with Crippen molar-refractivity contribution in [3.63, 3.8) is 0 Å². The molecule has 1 N–H and O–H groups in total. The monoisotopic (exact) mass is 291 g/mol. The number of benzene rings is 1. The molecule has 6 nitrogen and oxygen atoms in total. The molecule has 0 aliphatic carbocycles. The van der Waals surface area contributed by atoms with Gasteiger partial charge < -0.3 is 19.3 Å². The first kappa shape index (κ1) is 16.4. The number of carbonyl (C=O) groups excluding carboxylic acids is 1. The summed E-state index contributed by atoms with van der Waals surface area (Å²) < 4.78 is 15.0. The molecule has 0 atom stereocenters. The highest BCUT2D eigenvalue weighted by molar-refractivity contribution is 5.98. The Bertz CT molecular complexity index is 574. The highest BCUT2D eigenvalue weighted by Gasteiger charge is 2.15. The number of methoxy groups -OCH3 is 2. The zero-order valence-electron chi connectivity index (χ0n) is 12.3. The molecule has 0 amide bonds. The van der Waals surface area contributed by atoms with E-state index in [-0.39, 0.29) is 28.9 Å². The van der Waals surface area contributed by atoms with Crippen molar-refractivity contribution in [1.29, 1.82) is 5.26 Å². The van der Waals surface area contributed by atoms with Gasteiger partial charge >= 0.3 is 5.97 Å². The van der Waals surface area contributed by atoms with E-state index in [4.69, 9.17) is 19.5 Å². The first-order valence-electron chi connectivity index (χ1n) is 6.20. The molecule has 0 saturated carbocycles. The lowest BCUT2D eigenvalue weighted by Gasteiger charge is -2.10. The molecule has 0 radical (unpaired) electrons. The lowest BCUT2D eigenvalue weighted by molar-refractivity contribution is -0.142. The van der Waals surface area contributed by atoms with Crippen molar-refractivity contribution in [2.24, 2.45) is 0 Å². The molecule has 21 heavy (non-hydrogen) atoms. The summed E-state index contributed by atoms with van der Waals surface area (Å²) in [6, 6.07) is 4.76. The van der Waals surface area contributed by atoms with Crippen molar-refractivity contribution in [2.75, 3.05) is 14.2 Å². The van der Waals surface area contributed by atoms with Crippen LogP contribution in [0.3, 0.4) is 0 Å². The van der Waals surface area contributed by atoms with Crippen LogP contribution in [-0.2, 0) is 9.53 Å². The highest BCUT2D eigenvalue weighted by atomic mass is 16.5. The van der Waals surface area contributed by atoms with Crippen LogP contribution in [0.15, 0.2) is 17.7 Å². The van der Waals surface area contributed by atoms with Gasteiger partial charge in [0.25, 0.3) is 0 Å². The summed E-state index contributed by atoms with van der Waals surface area (Å²) in [6.45, 7) is 3.39. The maximum absolute atomic E-state index is 11.7. The van der Waals surface area contributed by atoms with E-state index in [2.05, 4.69) is 0 Å². The van der Waals surface area contributed by atoms with Crippen LogP contribution in [0, 0.1) is 11.3 Å². The maximum Gasteiger partial charge on any atom is 0.349 e. The van der Waals surface area contributed by atoms with Crippen LogP contribution in [0.2, 0.25) is 0 Å². The molecule has 0 aliphatic heterocycles. The van der Waals surface area contributed by atoms with Gasteiger partial charge in [0, 0.05) is 0 Å². The second-order valence-electron chi connectivity index (χ2n) is 4.40. The highest BCUT2D eigenvalue weighted by Crippen LogP contribution is 2.37. The van der Waals surface area contributed by atoms with E-state index >= 15 is 0 Å². The second-order valence-corrected chi connectivity index (χ2v) is 4.40. The van der Waals surface area contributed by atoms with E-state index in [0.29, 0.717) is 5.56 Å².